The van der Waals surface area contributed by atoms with Crippen molar-refractivity contribution in [1.29, 1.82) is 0 Å². The van der Waals surface area contributed by atoms with Crippen molar-refractivity contribution in [3.8, 4) is 0 Å². The molecule has 5 nitrogen and oxygen atoms in total. The van der Waals surface area contributed by atoms with Crippen LogP contribution in [0.2, 0.25) is 0 Å². The molecule has 110 valence electrons. The number of fused-ring (bicyclic) bond motifs is 1. The molecule has 0 unspecified atom stereocenters. The normalized spacial score (nSPS) is 20.7. The number of ether oxygens (including phenoxy) is 1. The number of anilines is 2. The van der Waals surface area contributed by atoms with Crippen LogP contribution in [-0.2, 0) is 21.2 Å². The molecule has 3 rings (SSSR count). The van der Waals surface area contributed by atoms with E-state index in [1.807, 2.05) is 18.2 Å². The summed E-state index contributed by atoms with van der Waals surface area (Å²) in [5.74, 6) is 0. The quantitative estimate of drug-likeness (QED) is 0.840. The molecule has 1 aromatic rings. The Kier molecular flexibility index (Phi) is 3.60. The van der Waals surface area contributed by atoms with E-state index in [0.29, 0.717) is 38.3 Å². The zero-order chi connectivity index (χ0) is 14.2. The number of hydrogen-bond donors (Lipinski definition) is 1. The zero-order valence-electron chi connectivity index (χ0n) is 11.4. The van der Waals surface area contributed by atoms with E-state index in [0.717, 1.165) is 24.1 Å². The number of rotatable bonds is 2. The Morgan fingerprint density at radius 1 is 1.25 bits per heavy atom. The van der Waals surface area contributed by atoms with Crippen LogP contribution >= 0.6 is 0 Å². The Hall–Kier alpha value is -1.27. The average Bonchev–Trinajstić information content (AvgIpc) is 2.48. The molecule has 2 aliphatic rings. The van der Waals surface area contributed by atoms with Gasteiger partial charge in [-0.05, 0) is 43.4 Å². The molecule has 0 aliphatic carbocycles. The maximum atomic E-state index is 12.8. The molecule has 0 radical (unpaired) electrons. The van der Waals surface area contributed by atoms with E-state index in [2.05, 4.69) is 0 Å². The van der Waals surface area contributed by atoms with Crippen molar-refractivity contribution in [2.24, 2.45) is 0 Å². The van der Waals surface area contributed by atoms with Gasteiger partial charge in [0, 0.05) is 25.4 Å². The van der Waals surface area contributed by atoms with Gasteiger partial charge >= 0.3 is 0 Å². The van der Waals surface area contributed by atoms with Crippen LogP contribution in [0.3, 0.4) is 0 Å². The second-order valence-electron chi connectivity index (χ2n) is 5.38. The molecule has 0 saturated carbocycles. The highest BCUT2D eigenvalue weighted by molar-refractivity contribution is 7.93. The summed E-state index contributed by atoms with van der Waals surface area (Å²) in [5, 5.41) is -0.330. The van der Waals surface area contributed by atoms with Gasteiger partial charge in [0.1, 0.15) is 0 Å². The van der Waals surface area contributed by atoms with Crippen LogP contribution in [0.25, 0.3) is 0 Å². The monoisotopic (exact) mass is 296 g/mol. The van der Waals surface area contributed by atoms with Crippen molar-refractivity contribution < 1.29 is 13.2 Å². The van der Waals surface area contributed by atoms with Gasteiger partial charge in [0.15, 0.2) is 0 Å². The smallest absolute Gasteiger partial charge is 0.238 e. The summed E-state index contributed by atoms with van der Waals surface area (Å²) >= 11 is 0. The van der Waals surface area contributed by atoms with Crippen LogP contribution in [-0.4, -0.2) is 33.4 Å². The number of hydrogen-bond acceptors (Lipinski definition) is 4. The molecule has 1 fully saturated rings. The third-order valence-electron chi connectivity index (χ3n) is 4.14. The van der Waals surface area contributed by atoms with Gasteiger partial charge in [-0.25, -0.2) is 8.42 Å². The van der Waals surface area contributed by atoms with Crippen molar-refractivity contribution in [1.82, 2.24) is 0 Å². The van der Waals surface area contributed by atoms with Crippen LogP contribution < -0.4 is 10.0 Å². The molecular weight excluding hydrogens is 276 g/mol. The van der Waals surface area contributed by atoms with Crippen LogP contribution in [0.1, 0.15) is 24.8 Å². The van der Waals surface area contributed by atoms with Gasteiger partial charge < -0.3 is 10.5 Å². The molecule has 2 heterocycles. The van der Waals surface area contributed by atoms with E-state index in [1.54, 1.807) is 4.31 Å². The number of nitrogen functional groups attached to an aromatic ring is 1. The second kappa shape index (κ2) is 5.26. The third kappa shape index (κ3) is 2.27. The number of nitrogens with zero attached hydrogens (tertiary/aromatic N) is 1. The molecule has 1 saturated heterocycles. The molecule has 2 N–H and O–H groups in total. The molecule has 0 aromatic heterocycles. The summed E-state index contributed by atoms with van der Waals surface area (Å²) in [6.07, 6.45) is 2.83. The molecule has 0 spiro atoms. The van der Waals surface area contributed by atoms with Crippen molar-refractivity contribution in [3.63, 3.8) is 0 Å². The van der Waals surface area contributed by atoms with Crippen molar-refractivity contribution >= 4 is 21.4 Å². The van der Waals surface area contributed by atoms with Gasteiger partial charge in [-0.2, -0.15) is 0 Å². The fourth-order valence-corrected chi connectivity index (χ4v) is 5.01. The summed E-state index contributed by atoms with van der Waals surface area (Å²) in [4.78, 5) is 0. The Labute approximate surface area is 119 Å². The summed E-state index contributed by atoms with van der Waals surface area (Å²) in [6, 6.07) is 5.52. The van der Waals surface area contributed by atoms with Gasteiger partial charge in [0.2, 0.25) is 10.0 Å². The first-order valence-electron chi connectivity index (χ1n) is 7.07. The highest BCUT2D eigenvalue weighted by Crippen LogP contribution is 2.35. The zero-order valence-corrected chi connectivity index (χ0v) is 12.2. The van der Waals surface area contributed by atoms with E-state index >= 15 is 0 Å². The summed E-state index contributed by atoms with van der Waals surface area (Å²) in [5.41, 5.74) is 8.41. The molecule has 6 heteroatoms. The minimum Gasteiger partial charge on any atom is -0.398 e. The van der Waals surface area contributed by atoms with E-state index < -0.39 is 10.0 Å². The molecule has 1 aromatic carbocycles. The predicted molar refractivity (Wildman–Crippen MR) is 79.3 cm³/mol. The Balaban J connectivity index is 1.97. The molecule has 2 aliphatic heterocycles. The predicted octanol–water partition coefficient (Wildman–Crippen LogP) is 1.53. The fraction of sp³-hybridized carbons (Fsp3) is 0.571. The van der Waals surface area contributed by atoms with Gasteiger partial charge in [0.25, 0.3) is 0 Å². The van der Waals surface area contributed by atoms with Gasteiger partial charge in [-0.1, -0.05) is 6.07 Å². The molecule has 20 heavy (non-hydrogen) atoms. The van der Waals surface area contributed by atoms with Crippen LogP contribution in [0.15, 0.2) is 18.2 Å². The highest BCUT2D eigenvalue weighted by atomic mass is 32.2. The molecular formula is C14H20N2O3S. The Morgan fingerprint density at radius 2 is 2.00 bits per heavy atom. The maximum Gasteiger partial charge on any atom is 0.238 e. The molecule has 0 amide bonds. The first-order valence-corrected chi connectivity index (χ1v) is 8.57. The number of nitrogens with two attached hydrogens (primary N) is 1. The standard InChI is InChI=1S/C14H20N2O3S/c15-13-4-1-5-14-12(13)3-2-8-16(14)20(17,18)11-6-9-19-10-7-11/h1,4-5,11H,2-3,6-10,15H2. The van der Waals surface area contributed by atoms with Gasteiger partial charge in [-0.3, -0.25) is 4.31 Å². The minimum atomic E-state index is -3.32. The van der Waals surface area contributed by atoms with E-state index in [9.17, 15) is 8.42 Å². The van der Waals surface area contributed by atoms with Gasteiger partial charge in [0.05, 0.1) is 10.9 Å². The second-order valence-corrected chi connectivity index (χ2v) is 7.51. The van der Waals surface area contributed by atoms with Crippen molar-refractivity contribution in [2.45, 2.75) is 30.9 Å². The summed E-state index contributed by atoms with van der Waals surface area (Å²) in [7, 11) is -3.32. The van der Waals surface area contributed by atoms with E-state index in [-0.39, 0.29) is 5.25 Å². The minimum absolute atomic E-state index is 0.330. The molecule has 0 bridgehead atoms. The van der Waals surface area contributed by atoms with Crippen LogP contribution in [0.4, 0.5) is 11.4 Å². The van der Waals surface area contributed by atoms with E-state index in [1.165, 1.54) is 0 Å². The topological polar surface area (TPSA) is 72.6 Å². The van der Waals surface area contributed by atoms with Crippen LogP contribution in [0.5, 0.6) is 0 Å². The Morgan fingerprint density at radius 3 is 2.75 bits per heavy atom. The molecule has 0 atom stereocenters. The number of benzene rings is 1. The SMILES string of the molecule is Nc1cccc2c1CCCN2S(=O)(=O)C1CCOCC1. The Bertz CT molecular complexity index is 594. The lowest BCUT2D eigenvalue weighted by Gasteiger charge is -2.35. The first kappa shape index (κ1) is 13.7. The van der Waals surface area contributed by atoms with Crippen molar-refractivity contribution in [3.05, 3.63) is 23.8 Å². The lowest BCUT2D eigenvalue weighted by molar-refractivity contribution is 0.0983. The first-order chi connectivity index (χ1) is 9.60. The lowest BCUT2D eigenvalue weighted by atomic mass is 10.0. The fourth-order valence-electron chi connectivity index (χ4n) is 3.04. The maximum absolute atomic E-state index is 12.8. The summed E-state index contributed by atoms with van der Waals surface area (Å²) < 4.78 is 32.5. The lowest BCUT2D eigenvalue weighted by Crippen LogP contribution is -2.43. The number of sulfonamides is 1. The average molecular weight is 296 g/mol. The largest absolute Gasteiger partial charge is 0.398 e. The van der Waals surface area contributed by atoms with E-state index in [4.69, 9.17) is 10.5 Å². The van der Waals surface area contributed by atoms with Crippen LogP contribution in [0, 0.1) is 0 Å². The summed E-state index contributed by atoms with van der Waals surface area (Å²) in [6.45, 7) is 1.61. The van der Waals surface area contributed by atoms with Gasteiger partial charge in [-0.15, -0.1) is 0 Å². The third-order valence-corrected chi connectivity index (χ3v) is 6.45. The van der Waals surface area contributed by atoms with Crippen molar-refractivity contribution in [2.75, 3.05) is 29.8 Å². The highest BCUT2D eigenvalue weighted by Gasteiger charge is 2.35.